The van der Waals surface area contributed by atoms with Gasteiger partial charge in [0.15, 0.2) is 0 Å². The maximum atomic E-state index is 13.6. The predicted octanol–water partition coefficient (Wildman–Crippen LogP) is 3.09. The highest BCUT2D eigenvalue weighted by Crippen LogP contribution is 2.12. The smallest absolute Gasteiger partial charge is 0.259 e. The molecule has 0 saturated carbocycles. The van der Waals surface area contributed by atoms with E-state index in [1.165, 1.54) is 12.1 Å². The standard InChI is InChI=1S/C14H13FN2O/c1-9-3-5-11(12(15)7-9)14(18)17-13-6-4-10(2)8-16-13/h3-8H,1-2H3,(H,16,17,18). The first kappa shape index (κ1) is 12.2. The van der Waals surface area contributed by atoms with Gasteiger partial charge in [-0.25, -0.2) is 9.37 Å². The van der Waals surface area contributed by atoms with Crippen LogP contribution < -0.4 is 5.32 Å². The molecule has 92 valence electrons. The number of carbonyl (C=O) groups excluding carboxylic acids is 1. The van der Waals surface area contributed by atoms with E-state index in [2.05, 4.69) is 10.3 Å². The van der Waals surface area contributed by atoms with Crippen LogP contribution in [0.25, 0.3) is 0 Å². The molecule has 1 N–H and O–H groups in total. The van der Waals surface area contributed by atoms with E-state index >= 15 is 0 Å². The third-order valence-electron chi connectivity index (χ3n) is 2.52. The monoisotopic (exact) mass is 244 g/mol. The van der Waals surface area contributed by atoms with Crippen LogP contribution in [0.1, 0.15) is 21.5 Å². The number of anilines is 1. The maximum Gasteiger partial charge on any atom is 0.259 e. The summed E-state index contributed by atoms with van der Waals surface area (Å²) in [4.78, 5) is 15.9. The number of benzene rings is 1. The summed E-state index contributed by atoms with van der Waals surface area (Å²) in [6.07, 6.45) is 1.64. The first-order chi connectivity index (χ1) is 8.56. The van der Waals surface area contributed by atoms with E-state index in [0.29, 0.717) is 5.82 Å². The highest BCUT2D eigenvalue weighted by Gasteiger charge is 2.12. The Hall–Kier alpha value is -2.23. The molecule has 0 fully saturated rings. The lowest BCUT2D eigenvalue weighted by molar-refractivity contribution is 0.102. The van der Waals surface area contributed by atoms with Gasteiger partial charge in [0.05, 0.1) is 5.56 Å². The molecule has 0 atom stereocenters. The number of aromatic nitrogens is 1. The first-order valence-electron chi connectivity index (χ1n) is 5.56. The average Bonchev–Trinajstić information content (AvgIpc) is 2.32. The Kier molecular flexibility index (Phi) is 3.37. The minimum absolute atomic E-state index is 0.0166. The van der Waals surface area contributed by atoms with Crippen molar-refractivity contribution in [2.24, 2.45) is 0 Å². The summed E-state index contributed by atoms with van der Waals surface area (Å²) in [5.41, 5.74) is 1.79. The van der Waals surface area contributed by atoms with Gasteiger partial charge in [-0.05, 0) is 43.2 Å². The van der Waals surface area contributed by atoms with Crippen molar-refractivity contribution in [1.29, 1.82) is 0 Å². The van der Waals surface area contributed by atoms with Gasteiger partial charge in [0.25, 0.3) is 5.91 Å². The lowest BCUT2D eigenvalue weighted by Crippen LogP contribution is -2.14. The number of amides is 1. The Labute approximate surface area is 105 Å². The molecule has 0 aliphatic rings. The molecule has 2 rings (SSSR count). The van der Waals surface area contributed by atoms with Crippen LogP contribution in [-0.4, -0.2) is 10.9 Å². The van der Waals surface area contributed by atoms with Gasteiger partial charge in [-0.1, -0.05) is 12.1 Å². The molecule has 0 radical (unpaired) electrons. The molecule has 4 heteroatoms. The van der Waals surface area contributed by atoms with Gasteiger partial charge in [0.1, 0.15) is 11.6 Å². The molecule has 1 aromatic carbocycles. The number of carbonyl (C=O) groups is 1. The van der Waals surface area contributed by atoms with Crippen LogP contribution in [0.15, 0.2) is 36.5 Å². The summed E-state index contributed by atoms with van der Waals surface area (Å²) in [5.74, 6) is -0.617. The summed E-state index contributed by atoms with van der Waals surface area (Å²) in [6, 6.07) is 8.00. The summed E-state index contributed by atoms with van der Waals surface area (Å²) in [5, 5.41) is 2.56. The second-order valence-electron chi connectivity index (χ2n) is 4.16. The molecular formula is C14H13FN2O. The van der Waals surface area contributed by atoms with Gasteiger partial charge in [-0.2, -0.15) is 0 Å². The van der Waals surface area contributed by atoms with Crippen LogP contribution in [0.5, 0.6) is 0 Å². The summed E-state index contributed by atoms with van der Waals surface area (Å²) < 4.78 is 13.6. The molecule has 1 aromatic heterocycles. The Morgan fingerprint density at radius 1 is 1.17 bits per heavy atom. The van der Waals surface area contributed by atoms with Gasteiger partial charge in [0.2, 0.25) is 0 Å². The van der Waals surface area contributed by atoms with E-state index in [9.17, 15) is 9.18 Å². The van der Waals surface area contributed by atoms with E-state index < -0.39 is 11.7 Å². The van der Waals surface area contributed by atoms with Crippen LogP contribution in [0.2, 0.25) is 0 Å². The number of hydrogen-bond donors (Lipinski definition) is 1. The van der Waals surface area contributed by atoms with Gasteiger partial charge < -0.3 is 5.32 Å². The Balaban J connectivity index is 2.19. The van der Waals surface area contributed by atoms with E-state index in [1.54, 1.807) is 25.3 Å². The largest absolute Gasteiger partial charge is 0.306 e. The second-order valence-corrected chi connectivity index (χ2v) is 4.16. The molecule has 0 spiro atoms. The van der Waals surface area contributed by atoms with Crippen molar-refractivity contribution in [3.8, 4) is 0 Å². The Morgan fingerprint density at radius 2 is 1.89 bits per heavy atom. The minimum Gasteiger partial charge on any atom is -0.306 e. The molecule has 0 aliphatic carbocycles. The second kappa shape index (κ2) is 4.96. The van der Waals surface area contributed by atoms with Gasteiger partial charge in [-0.3, -0.25) is 4.79 Å². The Morgan fingerprint density at radius 3 is 2.50 bits per heavy atom. The van der Waals surface area contributed by atoms with Crippen LogP contribution >= 0.6 is 0 Å². The normalized spacial score (nSPS) is 10.2. The quantitative estimate of drug-likeness (QED) is 0.882. The van der Waals surface area contributed by atoms with Crippen molar-refractivity contribution in [3.05, 3.63) is 59.0 Å². The number of aryl methyl sites for hydroxylation is 2. The molecule has 3 nitrogen and oxygen atoms in total. The number of hydrogen-bond acceptors (Lipinski definition) is 2. The maximum absolute atomic E-state index is 13.6. The number of nitrogens with zero attached hydrogens (tertiary/aromatic N) is 1. The van der Waals surface area contributed by atoms with Crippen LogP contribution in [0, 0.1) is 19.7 Å². The average molecular weight is 244 g/mol. The highest BCUT2D eigenvalue weighted by molar-refractivity contribution is 6.03. The van der Waals surface area contributed by atoms with Crippen molar-refractivity contribution in [2.45, 2.75) is 13.8 Å². The van der Waals surface area contributed by atoms with E-state index in [-0.39, 0.29) is 5.56 Å². The molecule has 2 aromatic rings. The summed E-state index contributed by atoms with van der Waals surface area (Å²) >= 11 is 0. The molecule has 0 saturated heterocycles. The van der Waals surface area contributed by atoms with E-state index in [0.717, 1.165) is 11.1 Å². The molecule has 1 amide bonds. The predicted molar refractivity (Wildman–Crippen MR) is 68.1 cm³/mol. The third-order valence-corrected chi connectivity index (χ3v) is 2.52. The number of halogens is 1. The first-order valence-corrected chi connectivity index (χ1v) is 5.56. The number of rotatable bonds is 2. The fourth-order valence-corrected chi connectivity index (χ4v) is 1.53. The molecule has 18 heavy (non-hydrogen) atoms. The molecule has 1 heterocycles. The zero-order valence-corrected chi connectivity index (χ0v) is 10.2. The zero-order chi connectivity index (χ0) is 13.1. The molecule has 0 bridgehead atoms. The molecular weight excluding hydrogens is 231 g/mol. The SMILES string of the molecule is Cc1ccc(NC(=O)c2ccc(C)cc2F)nc1. The third kappa shape index (κ3) is 2.71. The van der Waals surface area contributed by atoms with Gasteiger partial charge in [-0.15, -0.1) is 0 Å². The van der Waals surface area contributed by atoms with Crippen LogP contribution in [0.3, 0.4) is 0 Å². The van der Waals surface area contributed by atoms with E-state index in [4.69, 9.17) is 0 Å². The molecule has 0 aliphatic heterocycles. The lowest BCUT2D eigenvalue weighted by Gasteiger charge is -2.06. The van der Waals surface area contributed by atoms with E-state index in [1.807, 2.05) is 13.0 Å². The number of pyridine rings is 1. The zero-order valence-electron chi connectivity index (χ0n) is 10.2. The lowest BCUT2D eigenvalue weighted by atomic mass is 10.1. The highest BCUT2D eigenvalue weighted by atomic mass is 19.1. The number of nitrogens with one attached hydrogen (secondary N) is 1. The van der Waals surface area contributed by atoms with Gasteiger partial charge >= 0.3 is 0 Å². The van der Waals surface area contributed by atoms with Crippen molar-refractivity contribution >= 4 is 11.7 Å². The fourth-order valence-electron chi connectivity index (χ4n) is 1.53. The van der Waals surface area contributed by atoms with Crippen molar-refractivity contribution in [2.75, 3.05) is 5.32 Å². The summed E-state index contributed by atoms with van der Waals surface area (Å²) in [7, 11) is 0. The topological polar surface area (TPSA) is 42.0 Å². The van der Waals surface area contributed by atoms with Gasteiger partial charge in [0, 0.05) is 6.20 Å². The van der Waals surface area contributed by atoms with Crippen LogP contribution in [-0.2, 0) is 0 Å². The molecule has 0 unspecified atom stereocenters. The Bertz CT molecular complexity index is 579. The minimum atomic E-state index is -0.528. The van der Waals surface area contributed by atoms with Crippen molar-refractivity contribution < 1.29 is 9.18 Å². The van der Waals surface area contributed by atoms with Crippen LogP contribution in [0.4, 0.5) is 10.2 Å². The van der Waals surface area contributed by atoms with Crippen molar-refractivity contribution in [1.82, 2.24) is 4.98 Å². The fraction of sp³-hybridized carbons (Fsp3) is 0.143. The summed E-state index contributed by atoms with van der Waals surface area (Å²) in [6.45, 7) is 3.67. The van der Waals surface area contributed by atoms with Crippen molar-refractivity contribution in [3.63, 3.8) is 0 Å².